The van der Waals surface area contributed by atoms with Gasteiger partial charge in [0.05, 0.1) is 12.2 Å². The summed E-state index contributed by atoms with van der Waals surface area (Å²) < 4.78 is 2.19. The van der Waals surface area contributed by atoms with Crippen molar-refractivity contribution in [3.05, 3.63) is 17.5 Å². The molecule has 0 amide bonds. The van der Waals surface area contributed by atoms with E-state index in [1.165, 1.54) is 43.4 Å². The van der Waals surface area contributed by atoms with Crippen LogP contribution in [0.1, 0.15) is 62.4 Å². The van der Waals surface area contributed by atoms with Crippen molar-refractivity contribution in [2.75, 3.05) is 0 Å². The monoisotopic (exact) mass is 207 g/mol. The van der Waals surface area contributed by atoms with Crippen LogP contribution in [0.2, 0.25) is 0 Å². The van der Waals surface area contributed by atoms with Crippen LogP contribution in [0.25, 0.3) is 0 Å². The molecule has 0 spiro atoms. The summed E-state index contributed by atoms with van der Waals surface area (Å²) in [4.78, 5) is 0. The van der Waals surface area contributed by atoms with Crippen LogP contribution in [0, 0.1) is 6.92 Å². The van der Waals surface area contributed by atoms with Crippen molar-refractivity contribution in [1.29, 1.82) is 0 Å². The van der Waals surface area contributed by atoms with E-state index in [-0.39, 0.29) is 6.04 Å². The smallest absolute Gasteiger partial charge is 0.0540 e. The zero-order chi connectivity index (χ0) is 10.8. The number of hydrogen-bond donors (Lipinski definition) is 1. The molecule has 0 radical (unpaired) electrons. The second-order valence-corrected chi connectivity index (χ2v) is 4.71. The van der Waals surface area contributed by atoms with Crippen LogP contribution in [-0.4, -0.2) is 9.78 Å². The first kappa shape index (κ1) is 10.7. The molecule has 1 saturated carbocycles. The SMILES string of the molecule is Cc1c(C(C)N)cnn1C1CCCCC1. The molecule has 0 saturated heterocycles. The van der Waals surface area contributed by atoms with Crippen LogP contribution in [-0.2, 0) is 0 Å². The third-order valence-electron chi connectivity index (χ3n) is 3.49. The Balaban J connectivity index is 2.20. The molecule has 1 aliphatic rings. The van der Waals surface area contributed by atoms with Gasteiger partial charge in [0.25, 0.3) is 0 Å². The van der Waals surface area contributed by atoms with E-state index in [1.54, 1.807) is 0 Å². The standard InChI is InChI=1S/C12H21N3/c1-9(13)12-8-14-15(10(12)2)11-6-4-3-5-7-11/h8-9,11H,3-7,13H2,1-2H3. The summed E-state index contributed by atoms with van der Waals surface area (Å²) in [5, 5.41) is 4.50. The highest BCUT2D eigenvalue weighted by molar-refractivity contribution is 5.20. The summed E-state index contributed by atoms with van der Waals surface area (Å²) in [7, 11) is 0. The molecule has 3 nitrogen and oxygen atoms in total. The summed E-state index contributed by atoms with van der Waals surface area (Å²) in [5.74, 6) is 0. The highest BCUT2D eigenvalue weighted by atomic mass is 15.3. The molecule has 84 valence electrons. The number of rotatable bonds is 2. The van der Waals surface area contributed by atoms with Crippen LogP contribution in [0.4, 0.5) is 0 Å². The molecular weight excluding hydrogens is 186 g/mol. The highest BCUT2D eigenvalue weighted by Gasteiger charge is 2.19. The lowest BCUT2D eigenvalue weighted by Gasteiger charge is -2.23. The molecule has 1 aromatic heterocycles. The zero-order valence-electron chi connectivity index (χ0n) is 9.74. The van der Waals surface area contributed by atoms with Gasteiger partial charge in [-0.25, -0.2) is 0 Å². The molecule has 1 fully saturated rings. The van der Waals surface area contributed by atoms with Gasteiger partial charge in [0, 0.05) is 17.3 Å². The average molecular weight is 207 g/mol. The van der Waals surface area contributed by atoms with E-state index in [0.29, 0.717) is 6.04 Å². The molecule has 0 aromatic carbocycles. The third kappa shape index (κ3) is 2.07. The molecule has 3 heteroatoms. The van der Waals surface area contributed by atoms with Crippen LogP contribution < -0.4 is 5.73 Å². The van der Waals surface area contributed by atoms with Crippen molar-refractivity contribution in [2.24, 2.45) is 5.73 Å². The van der Waals surface area contributed by atoms with Gasteiger partial charge in [0.1, 0.15) is 0 Å². The lowest BCUT2D eigenvalue weighted by Crippen LogP contribution is -2.16. The Hall–Kier alpha value is -0.830. The third-order valence-corrected chi connectivity index (χ3v) is 3.49. The minimum Gasteiger partial charge on any atom is -0.324 e. The molecule has 0 bridgehead atoms. The van der Waals surface area contributed by atoms with Crippen molar-refractivity contribution in [3.8, 4) is 0 Å². The van der Waals surface area contributed by atoms with Gasteiger partial charge in [-0.1, -0.05) is 19.3 Å². The van der Waals surface area contributed by atoms with E-state index in [9.17, 15) is 0 Å². The van der Waals surface area contributed by atoms with Crippen molar-refractivity contribution >= 4 is 0 Å². The quantitative estimate of drug-likeness (QED) is 0.810. The predicted octanol–water partition coefficient (Wildman–Crippen LogP) is 2.72. The lowest BCUT2D eigenvalue weighted by molar-refractivity contribution is 0.324. The largest absolute Gasteiger partial charge is 0.324 e. The Morgan fingerprint density at radius 2 is 2.07 bits per heavy atom. The van der Waals surface area contributed by atoms with Gasteiger partial charge >= 0.3 is 0 Å². The maximum Gasteiger partial charge on any atom is 0.0540 e. The number of nitrogens with zero attached hydrogens (tertiary/aromatic N) is 2. The maximum absolute atomic E-state index is 5.90. The molecule has 2 N–H and O–H groups in total. The van der Waals surface area contributed by atoms with Gasteiger partial charge in [0.15, 0.2) is 0 Å². The minimum atomic E-state index is 0.0994. The Kier molecular flexibility index (Phi) is 3.10. The predicted molar refractivity (Wildman–Crippen MR) is 61.7 cm³/mol. The van der Waals surface area contributed by atoms with Crippen LogP contribution in [0.5, 0.6) is 0 Å². The van der Waals surface area contributed by atoms with Gasteiger partial charge in [-0.05, 0) is 26.7 Å². The highest BCUT2D eigenvalue weighted by Crippen LogP contribution is 2.29. The number of nitrogens with two attached hydrogens (primary N) is 1. The Bertz CT molecular complexity index is 322. The second kappa shape index (κ2) is 4.35. The van der Waals surface area contributed by atoms with Gasteiger partial charge in [-0.3, -0.25) is 4.68 Å². The van der Waals surface area contributed by atoms with Crippen LogP contribution in [0.3, 0.4) is 0 Å². The first-order valence-electron chi connectivity index (χ1n) is 5.99. The summed E-state index contributed by atoms with van der Waals surface area (Å²) in [6.45, 7) is 4.16. The molecule has 1 aliphatic carbocycles. The van der Waals surface area contributed by atoms with E-state index < -0.39 is 0 Å². The van der Waals surface area contributed by atoms with Crippen molar-refractivity contribution < 1.29 is 0 Å². The average Bonchev–Trinajstić information content (AvgIpc) is 2.61. The van der Waals surface area contributed by atoms with Crippen molar-refractivity contribution in [2.45, 2.75) is 58.0 Å². The lowest BCUT2D eigenvalue weighted by atomic mass is 9.95. The van der Waals surface area contributed by atoms with E-state index in [0.717, 1.165) is 0 Å². The second-order valence-electron chi connectivity index (χ2n) is 4.71. The minimum absolute atomic E-state index is 0.0994. The number of aromatic nitrogens is 2. The van der Waals surface area contributed by atoms with Crippen molar-refractivity contribution in [3.63, 3.8) is 0 Å². The van der Waals surface area contributed by atoms with E-state index >= 15 is 0 Å². The topological polar surface area (TPSA) is 43.8 Å². The van der Waals surface area contributed by atoms with Crippen molar-refractivity contribution in [1.82, 2.24) is 9.78 Å². The first-order valence-corrected chi connectivity index (χ1v) is 5.99. The molecular formula is C12H21N3. The molecule has 0 aliphatic heterocycles. The van der Waals surface area contributed by atoms with E-state index in [2.05, 4.69) is 16.7 Å². The molecule has 1 unspecified atom stereocenters. The van der Waals surface area contributed by atoms with Gasteiger partial charge in [-0.15, -0.1) is 0 Å². The fraction of sp³-hybridized carbons (Fsp3) is 0.750. The Morgan fingerprint density at radius 3 is 2.60 bits per heavy atom. The summed E-state index contributed by atoms with van der Waals surface area (Å²) in [5.41, 5.74) is 8.36. The molecule has 1 heterocycles. The fourth-order valence-electron chi connectivity index (χ4n) is 2.58. The molecule has 1 aromatic rings. The molecule has 1 atom stereocenters. The Morgan fingerprint density at radius 1 is 1.40 bits per heavy atom. The molecule has 15 heavy (non-hydrogen) atoms. The zero-order valence-corrected chi connectivity index (χ0v) is 9.74. The summed E-state index contributed by atoms with van der Waals surface area (Å²) in [6, 6.07) is 0.716. The first-order chi connectivity index (χ1) is 7.20. The van der Waals surface area contributed by atoms with Gasteiger partial charge < -0.3 is 5.73 Å². The Labute approximate surface area is 91.7 Å². The van der Waals surface area contributed by atoms with Gasteiger partial charge in [0.2, 0.25) is 0 Å². The summed E-state index contributed by atoms with van der Waals surface area (Å²) >= 11 is 0. The summed E-state index contributed by atoms with van der Waals surface area (Å²) in [6.07, 6.45) is 8.57. The van der Waals surface area contributed by atoms with Crippen LogP contribution >= 0.6 is 0 Å². The van der Waals surface area contributed by atoms with Gasteiger partial charge in [-0.2, -0.15) is 5.10 Å². The van der Waals surface area contributed by atoms with E-state index in [1.807, 2.05) is 13.1 Å². The normalized spacial score (nSPS) is 20.5. The maximum atomic E-state index is 5.90. The molecule has 2 rings (SSSR count). The van der Waals surface area contributed by atoms with E-state index in [4.69, 9.17) is 5.73 Å². The number of hydrogen-bond acceptors (Lipinski definition) is 2. The van der Waals surface area contributed by atoms with Crippen LogP contribution in [0.15, 0.2) is 6.20 Å². The fourth-order valence-corrected chi connectivity index (χ4v) is 2.58.